The second-order valence-corrected chi connectivity index (χ2v) is 8.58. The minimum atomic E-state index is -1.82. The first kappa shape index (κ1) is 31.7. The maximum Gasteiger partial charge on any atom is 0.414 e. The number of carboxylic acid groups (broad SMARTS) is 2. The number of anilines is 1. The molecule has 3 rings (SSSR count). The average Bonchev–Trinajstić information content (AvgIpc) is 2.92. The summed E-state index contributed by atoms with van der Waals surface area (Å²) in [6.07, 6.45) is 2.36. The largest absolute Gasteiger partial charge is 0.504 e. The van der Waals surface area contributed by atoms with Crippen molar-refractivity contribution < 1.29 is 53.4 Å². The number of fused-ring (bicyclic) bond motifs is 1. The van der Waals surface area contributed by atoms with Crippen LogP contribution in [-0.2, 0) is 32.0 Å². The Labute approximate surface area is 231 Å². The van der Waals surface area contributed by atoms with E-state index in [0.29, 0.717) is 61.1 Å². The van der Waals surface area contributed by atoms with Crippen molar-refractivity contribution in [1.29, 1.82) is 0 Å². The van der Waals surface area contributed by atoms with E-state index in [4.69, 9.17) is 38.7 Å². The summed E-state index contributed by atoms with van der Waals surface area (Å²) in [5.74, 6) is -1.71. The monoisotopic (exact) mass is 562 g/mol. The molecule has 40 heavy (non-hydrogen) atoms. The fraction of sp³-hybridized carbons (Fsp3) is 0.407. The third-order valence-electron chi connectivity index (χ3n) is 5.64. The van der Waals surface area contributed by atoms with Gasteiger partial charge in [-0.15, -0.1) is 0 Å². The van der Waals surface area contributed by atoms with Crippen LogP contribution in [0.1, 0.15) is 30.9 Å². The quantitative estimate of drug-likeness (QED) is 0.177. The number of rotatable bonds is 13. The number of carbonyl (C=O) groups is 4. The predicted molar refractivity (Wildman–Crippen MR) is 143 cm³/mol. The molecule has 5 N–H and O–H groups in total. The number of nitrogens with one attached hydrogen (secondary N) is 2. The first-order chi connectivity index (χ1) is 19.1. The smallest absolute Gasteiger partial charge is 0.414 e. The normalized spacial score (nSPS) is 11.7. The number of ether oxygens (including phenoxy) is 4. The van der Waals surface area contributed by atoms with Gasteiger partial charge in [0.15, 0.2) is 17.3 Å². The first-order valence-electron chi connectivity index (χ1n) is 12.4. The second kappa shape index (κ2) is 15.8. The zero-order chi connectivity index (χ0) is 29.7. The van der Waals surface area contributed by atoms with Gasteiger partial charge >= 0.3 is 11.9 Å². The van der Waals surface area contributed by atoms with Crippen molar-refractivity contribution in [3.8, 4) is 28.7 Å². The number of methoxy groups -OCH3 is 2. The molecule has 1 aliphatic rings. The van der Waals surface area contributed by atoms with E-state index in [9.17, 15) is 14.7 Å². The highest BCUT2D eigenvalue weighted by Crippen LogP contribution is 2.40. The summed E-state index contributed by atoms with van der Waals surface area (Å²) in [4.78, 5) is 41.3. The lowest BCUT2D eigenvalue weighted by Gasteiger charge is -2.23. The highest BCUT2D eigenvalue weighted by Gasteiger charge is 2.23. The van der Waals surface area contributed by atoms with Crippen LogP contribution in [0.15, 0.2) is 24.3 Å². The molecule has 1 aliphatic heterocycles. The molecule has 0 saturated carbocycles. The van der Waals surface area contributed by atoms with Crippen LogP contribution in [0.25, 0.3) is 0 Å². The summed E-state index contributed by atoms with van der Waals surface area (Å²) in [6.45, 7) is 3.34. The molecule has 0 unspecified atom stereocenters. The van der Waals surface area contributed by atoms with Gasteiger partial charge in [-0.3, -0.25) is 9.59 Å². The Morgan fingerprint density at radius 2 is 1.60 bits per heavy atom. The molecule has 13 nitrogen and oxygen atoms in total. The molecule has 1 amide bonds. The van der Waals surface area contributed by atoms with Crippen molar-refractivity contribution in [3.05, 3.63) is 35.4 Å². The number of carboxylic acids is 2. The van der Waals surface area contributed by atoms with Crippen LogP contribution in [0.5, 0.6) is 28.7 Å². The van der Waals surface area contributed by atoms with E-state index in [0.717, 1.165) is 24.1 Å². The Balaban J connectivity index is 0.000000840. The number of aliphatic carboxylic acids is 2. The van der Waals surface area contributed by atoms with Crippen LogP contribution in [0.2, 0.25) is 0 Å². The van der Waals surface area contributed by atoms with E-state index < -0.39 is 11.9 Å². The topological polar surface area (TPSA) is 190 Å². The number of hydrogen-bond donors (Lipinski definition) is 5. The predicted octanol–water partition coefficient (Wildman–Crippen LogP) is 2.02. The fourth-order valence-corrected chi connectivity index (χ4v) is 3.75. The molecule has 0 spiro atoms. The van der Waals surface area contributed by atoms with Crippen LogP contribution in [0.4, 0.5) is 5.69 Å². The molecule has 1 heterocycles. The molecule has 0 bridgehead atoms. The van der Waals surface area contributed by atoms with Crippen LogP contribution < -0.4 is 29.6 Å². The second-order valence-electron chi connectivity index (χ2n) is 8.58. The Morgan fingerprint density at radius 3 is 2.23 bits per heavy atom. The summed E-state index contributed by atoms with van der Waals surface area (Å²) in [5, 5.41) is 31.3. The fourth-order valence-electron chi connectivity index (χ4n) is 3.75. The van der Waals surface area contributed by atoms with E-state index in [1.807, 2.05) is 12.1 Å². The van der Waals surface area contributed by atoms with Crippen molar-refractivity contribution in [2.75, 3.05) is 45.8 Å². The highest BCUT2D eigenvalue weighted by molar-refractivity contribution is 6.27. The standard InChI is InChI=1S/C25H32N2O7.C2H2O4/c1-16(28)15-34-20-9-8-19(18-6-10-22(29)27-23(18)20)33-14-4-12-26-13-11-17-5-7-21(31-2)25(32-3)24(17)30;3-1(4)2(5)6/h5,7-9,26,30H,4,6,10-15H2,1-3H3,(H,27,29);(H,3,4)(H,5,6). The van der Waals surface area contributed by atoms with Gasteiger partial charge in [0.25, 0.3) is 0 Å². The van der Waals surface area contributed by atoms with Crippen molar-refractivity contribution >= 4 is 29.3 Å². The lowest BCUT2D eigenvalue weighted by molar-refractivity contribution is -0.159. The van der Waals surface area contributed by atoms with Crippen LogP contribution in [0.3, 0.4) is 0 Å². The molecule has 0 saturated heterocycles. The molecule has 218 valence electrons. The number of phenols is 1. The van der Waals surface area contributed by atoms with Gasteiger partial charge in [-0.05, 0) is 63.0 Å². The molecular weight excluding hydrogens is 528 g/mol. The SMILES string of the molecule is COc1ccc(CCNCCCOc2ccc(OCC(C)=O)c3c2CCC(=O)N3)c(O)c1OC.O=C(O)C(=O)O. The number of phenolic OH excluding ortho intramolecular Hbond substituents is 1. The zero-order valence-corrected chi connectivity index (χ0v) is 22.6. The number of hydrogen-bond acceptors (Lipinski definition) is 10. The van der Waals surface area contributed by atoms with Gasteiger partial charge in [0.2, 0.25) is 11.7 Å². The van der Waals surface area contributed by atoms with Crippen LogP contribution >= 0.6 is 0 Å². The summed E-state index contributed by atoms with van der Waals surface area (Å²) < 4.78 is 21.9. The number of Topliss-reactive ketones (excluding diaryl/α,β-unsaturated/α-hetero) is 1. The maximum absolute atomic E-state index is 11.9. The first-order valence-corrected chi connectivity index (χ1v) is 12.4. The van der Waals surface area contributed by atoms with Gasteiger partial charge in [0.05, 0.1) is 26.5 Å². The summed E-state index contributed by atoms with van der Waals surface area (Å²) in [5.41, 5.74) is 2.25. The third kappa shape index (κ3) is 9.34. The van der Waals surface area contributed by atoms with E-state index in [1.165, 1.54) is 21.1 Å². The molecule has 0 aliphatic carbocycles. The van der Waals surface area contributed by atoms with Gasteiger partial charge in [-0.25, -0.2) is 9.59 Å². The van der Waals surface area contributed by atoms with E-state index in [-0.39, 0.29) is 24.0 Å². The average molecular weight is 563 g/mol. The van der Waals surface area contributed by atoms with E-state index >= 15 is 0 Å². The Bertz CT molecular complexity index is 1200. The molecule has 2 aromatic rings. The molecule has 0 aromatic heterocycles. The van der Waals surface area contributed by atoms with Crippen LogP contribution in [-0.4, -0.2) is 79.5 Å². The molecule has 0 fully saturated rings. The Morgan fingerprint density at radius 1 is 0.925 bits per heavy atom. The highest BCUT2D eigenvalue weighted by atomic mass is 16.5. The van der Waals surface area contributed by atoms with E-state index in [1.54, 1.807) is 12.1 Å². The van der Waals surface area contributed by atoms with Crippen LogP contribution in [0, 0.1) is 0 Å². The van der Waals surface area contributed by atoms with Crippen molar-refractivity contribution in [2.24, 2.45) is 0 Å². The molecule has 0 radical (unpaired) electrons. The lowest BCUT2D eigenvalue weighted by Crippen LogP contribution is -2.22. The Hall–Kier alpha value is -4.52. The minimum Gasteiger partial charge on any atom is -0.504 e. The molecule has 2 aromatic carbocycles. The summed E-state index contributed by atoms with van der Waals surface area (Å²) in [7, 11) is 3.03. The molecular formula is C27H34N2O11. The minimum absolute atomic E-state index is 0.0464. The number of amides is 1. The lowest BCUT2D eigenvalue weighted by atomic mass is 10.0. The van der Waals surface area contributed by atoms with Crippen molar-refractivity contribution in [2.45, 2.75) is 32.6 Å². The maximum atomic E-state index is 11.9. The number of carbonyl (C=O) groups excluding carboxylic acids is 2. The summed E-state index contributed by atoms with van der Waals surface area (Å²) in [6, 6.07) is 7.14. The van der Waals surface area contributed by atoms with Gasteiger partial charge in [0, 0.05) is 12.0 Å². The van der Waals surface area contributed by atoms with Crippen molar-refractivity contribution in [1.82, 2.24) is 5.32 Å². The number of benzene rings is 2. The van der Waals surface area contributed by atoms with Gasteiger partial charge in [-0.1, -0.05) is 6.07 Å². The molecule has 13 heteroatoms. The van der Waals surface area contributed by atoms with E-state index in [2.05, 4.69) is 10.6 Å². The van der Waals surface area contributed by atoms with Crippen molar-refractivity contribution in [3.63, 3.8) is 0 Å². The van der Waals surface area contributed by atoms with Gasteiger partial charge < -0.3 is 44.9 Å². The zero-order valence-electron chi connectivity index (χ0n) is 22.6. The number of aromatic hydroxyl groups is 1. The third-order valence-corrected chi connectivity index (χ3v) is 5.64. The van der Waals surface area contributed by atoms with Gasteiger partial charge in [0.1, 0.15) is 18.1 Å². The summed E-state index contributed by atoms with van der Waals surface area (Å²) >= 11 is 0. The van der Waals surface area contributed by atoms with Gasteiger partial charge in [-0.2, -0.15) is 0 Å². The number of ketones is 1. The molecule has 0 atom stereocenters. The Kier molecular flexibility index (Phi) is 12.5.